The molecule has 0 aromatic heterocycles. The van der Waals surface area contributed by atoms with Crippen LogP contribution < -0.4 is 5.73 Å². The smallest absolute Gasteiger partial charge is 0.119 e. The fourth-order valence-electron chi connectivity index (χ4n) is 4.36. The summed E-state index contributed by atoms with van der Waals surface area (Å²) in [6, 6.07) is 0. The van der Waals surface area contributed by atoms with Gasteiger partial charge in [-0.15, -0.1) is 0 Å². The molecule has 2 heteroatoms. The number of hydrogen-bond donors (Lipinski definition) is 2. The molecule has 0 amide bonds. The van der Waals surface area contributed by atoms with Gasteiger partial charge in [-0.05, 0) is 49.4 Å². The van der Waals surface area contributed by atoms with Crippen molar-refractivity contribution in [3.63, 3.8) is 0 Å². The molecule has 2 nitrogen and oxygen atoms in total. The third kappa shape index (κ3) is 0.612. The van der Waals surface area contributed by atoms with E-state index in [0.717, 1.165) is 18.4 Å². The lowest BCUT2D eigenvalue weighted by Crippen LogP contribution is -2.67. The Balaban J connectivity index is 2.01. The third-order valence-electron chi connectivity index (χ3n) is 4.83. The Kier molecular flexibility index (Phi) is 1.25. The fourth-order valence-corrected chi connectivity index (χ4v) is 4.36. The highest BCUT2D eigenvalue weighted by Crippen LogP contribution is 2.63. The second kappa shape index (κ2) is 2.05. The summed E-state index contributed by atoms with van der Waals surface area (Å²) in [6.07, 6.45) is 5.38. The molecule has 0 radical (unpaired) electrons. The van der Waals surface area contributed by atoms with Gasteiger partial charge >= 0.3 is 0 Å². The number of quaternary nitrogens is 1. The molecular weight excluding hydrogens is 150 g/mol. The van der Waals surface area contributed by atoms with Crippen molar-refractivity contribution in [2.75, 3.05) is 6.54 Å². The first-order valence-electron chi connectivity index (χ1n) is 5.27. The summed E-state index contributed by atoms with van der Waals surface area (Å²) in [6.45, 7) is 0.745. The maximum Gasteiger partial charge on any atom is 0.119 e. The Bertz CT molecular complexity index is 210. The van der Waals surface area contributed by atoms with Crippen molar-refractivity contribution in [1.82, 2.24) is 0 Å². The van der Waals surface area contributed by atoms with E-state index in [1.54, 1.807) is 0 Å². The first kappa shape index (κ1) is 7.34. The summed E-state index contributed by atoms with van der Waals surface area (Å²) in [5.74, 6) is 2.95. The monoisotopic (exact) mass is 168 g/mol. The van der Waals surface area contributed by atoms with Crippen molar-refractivity contribution < 1.29 is 10.8 Å². The van der Waals surface area contributed by atoms with Crippen molar-refractivity contribution in [3.8, 4) is 0 Å². The average molecular weight is 168 g/mol. The topological polar surface area (TPSA) is 47.9 Å². The molecule has 5 atom stereocenters. The van der Waals surface area contributed by atoms with Gasteiger partial charge < -0.3 is 10.8 Å². The van der Waals surface area contributed by atoms with Crippen LogP contribution in [0.3, 0.4) is 0 Å². The first-order chi connectivity index (χ1) is 5.75. The van der Waals surface area contributed by atoms with E-state index in [1.165, 1.54) is 25.7 Å². The molecule has 68 valence electrons. The Morgan fingerprint density at radius 2 is 2.00 bits per heavy atom. The van der Waals surface area contributed by atoms with Crippen LogP contribution in [0.15, 0.2) is 0 Å². The Morgan fingerprint density at radius 1 is 1.17 bits per heavy atom. The quantitative estimate of drug-likeness (QED) is 0.570. The van der Waals surface area contributed by atoms with E-state index in [0.29, 0.717) is 11.8 Å². The van der Waals surface area contributed by atoms with Gasteiger partial charge in [0.2, 0.25) is 0 Å². The highest BCUT2D eigenvalue weighted by atomic mass is 16.3. The molecule has 4 aliphatic rings. The molecule has 4 rings (SSSR count). The molecule has 4 aliphatic carbocycles. The van der Waals surface area contributed by atoms with Crippen LogP contribution in [0.5, 0.6) is 0 Å². The lowest BCUT2D eigenvalue weighted by molar-refractivity contribution is -0.413. The summed E-state index contributed by atoms with van der Waals surface area (Å²) in [5.41, 5.74) is 3.59. The van der Waals surface area contributed by atoms with E-state index in [9.17, 15) is 5.11 Å². The van der Waals surface area contributed by atoms with E-state index in [-0.39, 0.29) is 5.60 Å². The number of rotatable bonds is 1. The second-order valence-corrected chi connectivity index (χ2v) is 5.02. The maximum atomic E-state index is 10.4. The van der Waals surface area contributed by atoms with Gasteiger partial charge in [-0.1, -0.05) is 0 Å². The van der Waals surface area contributed by atoms with E-state index in [4.69, 9.17) is 0 Å². The summed E-state index contributed by atoms with van der Waals surface area (Å²) in [5, 5.41) is 10.4. The molecule has 0 aromatic rings. The highest BCUT2D eigenvalue weighted by Gasteiger charge is 2.64. The number of fused-ring (bicyclic) bond motifs is 1. The van der Waals surface area contributed by atoms with Crippen LogP contribution in [0.25, 0.3) is 0 Å². The maximum absolute atomic E-state index is 10.4. The Hall–Kier alpha value is -0.0800. The molecule has 4 fully saturated rings. The van der Waals surface area contributed by atoms with Gasteiger partial charge in [0.25, 0.3) is 0 Å². The van der Waals surface area contributed by atoms with E-state index in [1.807, 2.05) is 0 Å². The highest BCUT2D eigenvalue weighted by molar-refractivity contribution is 5.12. The van der Waals surface area contributed by atoms with E-state index < -0.39 is 0 Å². The van der Waals surface area contributed by atoms with Gasteiger partial charge in [0.15, 0.2) is 0 Å². The molecule has 0 heterocycles. The van der Waals surface area contributed by atoms with Gasteiger partial charge in [-0.3, -0.25) is 0 Å². The van der Waals surface area contributed by atoms with Crippen molar-refractivity contribution in [3.05, 3.63) is 0 Å². The predicted molar refractivity (Wildman–Crippen MR) is 45.1 cm³/mol. The van der Waals surface area contributed by atoms with Crippen LogP contribution in [0.1, 0.15) is 25.7 Å². The van der Waals surface area contributed by atoms with Crippen molar-refractivity contribution in [2.24, 2.45) is 23.7 Å². The molecule has 0 spiro atoms. The summed E-state index contributed by atoms with van der Waals surface area (Å²) in [7, 11) is 0. The van der Waals surface area contributed by atoms with Crippen LogP contribution in [0, 0.1) is 23.7 Å². The molecule has 0 saturated heterocycles. The second-order valence-electron chi connectivity index (χ2n) is 5.02. The number of aliphatic hydroxyl groups is 1. The van der Waals surface area contributed by atoms with Crippen LogP contribution in [-0.4, -0.2) is 17.3 Å². The van der Waals surface area contributed by atoms with Crippen LogP contribution in [0.4, 0.5) is 0 Å². The molecule has 4 N–H and O–H groups in total. The van der Waals surface area contributed by atoms with Gasteiger partial charge in [0, 0.05) is 0 Å². The normalized spacial score (nSPS) is 61.5. The van der Waals surface area contributed by atoms with E-state index in [2.05, 4.69) is 5.73 Å². The van der Waals surface area contributed by atoms with Crippen molar-refractivity contribution in [2.45, 2.75) is 31.3 Å². The lowest BCUT2D eigenvalue weighted by atomic mass is 9.62. The molecule has 12 heavy (non-hydrogen) atoms. The van der Waals surface area contributed by atoms with Crippen LogP contribution >= 0.6 is 0 Å². The molecule has 5 unspecified atom stereocenters. The zero-order valence-corrected chi connectivity index (χ0v) is 7.50. The SMILES string of the molecule is [NH3+]CC1(O)C2CCC3CC2CC31. The third-order valence-corrected chi connectivity index (χ3v) is 4.83. The summed E-state index contributed by atoms with van der Waals surface area (Å²) >= 11 is 0. The predicted octanol–water partition coefficient (Wildman–Crippen LogP) is 0.0254. The first-order valence-corrected chi connectivity index (χ1v) is 5.27. The number of hydrogen-bond acceptors (Lipinski definition) is 1. The largest absolute Gasteiger partial charge is 0.383 e. The summed E-state index contributed by atoms with van der Waals surface area (Å²) in [4.78, 5) is 0. The van der Waals surface area contributed by atoms with Gasteiger partial charge in [0.1, 0.15) is 12.1 Å². The standard InChI is InChI=1S/C10H17NO/c11-5-10(12)8-2-1-6-3-7(8)4-9(6)10/h6-9,12H,1-5,11H2/p+1. The van der Waals surface area contributed by atoms with Gasteiger partial charge in [-0.25, -0.2) is 0 Å². The van der Waals surface area contributed by atoms with Gasteiger partial charge in [-0.2, -0.15) is 0 Å². The van der Waals surface area contributed by atoms with Crippen LogP contribution in [0.2, 0.25) is 0 Å². The zero-order chi connectivity index (χ0) is 8.34. The van der Waals surface area contributed by atoms with E-state index >= 15 is 0 Å². The minimum atomic E-state index is -0.341. The Morgan fingerprint density at radius 3 is 2.50 bits per heavy atom. The average Bonchev–Trinajstić information content (AvgIpc) is 2.56. The molecule has 4 bridgehead atoms. The Labute approximate surface area is 73.1 Å². The summed E-state index contributed by atoms with van der Waals surface area (Å²) < 4.78 is 0. The van der Waals surface area contributed by atoms with Gasteiger partial charge in [0.05, 0.1) is 0 Å². The fraction of sp³-hybridized carbons (Fsp3) is 1.00. The minimum absolute atomic E-state index is 0.341. The van der Waals surface area contributed by atoms with Crippen LogP contribution in [-0.2, 0) is 0 Å². The molecule has 0 aromatic carbocycles. The minimum Gasteiger partial charge on any atom is -0.383 e. The lowest BCUT2D eigenvalue weighted by Gasteiger charge is -2.46. The van der Waals surface area contributed by atoms with Crippen molar-refractivity contribution in [1.29, 1.82) is 0 Å². The molecule has 4 saturated carbocycles. The molecule has 0 aliphatic heterocycles. The van der Waals surface area contributed by atoms with Crippen molar-refractivity contribution >= 4 is 0 Å². The zero-order valence-electron chi connectivity index (χ0n) is 7.50. The molecular formula is C10H18NO+.